The molecule has 0 aliphatic rings. The molecule has 5 aromatic rings. The van der Waals surface area contributed by atoms with Gasteiger partial charge in [0, 0.05) is 0 Å². The molecule has 1 aromatic heterocycles. The molecule has 0 fully saturated rings. The van der Waals surface area contributed by atoms with Gasteiger partial charge in [0.1, 0.15) is 0 Å². The Morgan fingerprint density at radius 3 is 1.16 bits per heavy atom. The topological polar surface area (TPSA) is 0 Å². The van der Waals surface area contributed by atoms with E-state index in [0.717, 1.165) is 0 Å². The van der Waals surface area contributed by atoms with Crippen LogP contribution in [0.5, 0.6) is 0 Å². The Labute approximate surface area is 154 Å². The molecule has 0 aliphatic carbocycles. The Kier molecular flexibility index (Phi) is 4.79. The average Bonchev–Trinajstić information content (AvgIpc) is 3.09. The number of benzene rings is 4. The summed E-state index contributed by atoms with van der Waals surface area (Å²) in [5.74, 6) is 0. The van der Waals surface area contributed by atoms with Crippen LogP contribution in [0, 0.1) is 0 Å². The summed E-state index contributed by atoms with van der Waals surface area (Å²) in [6.07, 6.45) is 0. The molecular weight excluding hydrogens is 367 g/mol. The molecule has 0 amide bonds. The van der Waals surface area contributed by atoms with E-state index >= 15 is 0 Å². The summed E-state index contributed by atoms with van der Waals surface area (Å²) >= 11 is 0.535. The van der Waals surface area contributed by atoms with Crippen molar-refractivity contribution in [1.29, 1.82) is 0 Å². The molecule has 0 spiro atoms. The van der Waals surface area contributed by atoms with Crippen LogP contribution in [0.4, 0.5) is 0 Å². The van der Waals surface area contributed by atoms with Crippen LogP contribution >= 0.6 is 0 Å². The summed E-state index contributed by atoms with van der Waals surface area (Å²) in [6, 6.07) is 38.2. The Morgan fingerprint density at radius 1 is 0.360 bits per heavy atom. The van der Waals surface area contributed by atoms with Crippen molar-refractivity contribution in [3.63, 3.8) is 0 Å². The third kappa shape index (κ3) is 3.58. The van der Waals surface area contributed by atoms with Gasteiger partial charge in [-0.1, -0.05) is 60.7 Å². The minimum absolute atomic E-state index is 0.535. The van der Waals surface area contributed by atoms with Gasteiger partial charge in [-0.05, 0) is 11.1 Å². The van der Waals surface area contributed by atoms with E-state index in [1.54, 1.807) is 0 Å². The second-order valence-corrected chi connectivity index (χ2v) is 8.10. The van der Waals surface area contributed by atoms with Gasteiger partial charge in [-0.3, -0.25) is 0 Å². The quantitative estimate of drug-likeness (QED) is 0.293. The van der Waals surface area contributed by atoms with Gasteiger partial charge in [0.25, 0.3) is 0 Å². The maximum atomic E-state index is 2.25. The van der Waals surface area contributed by atoms with Crippen LogP contribution in [0.2, 0.25) is 0 Å². The summed E-state index contributed by atoms with van der Waals surface area (Å²) < 4.78 is 3.05. The predicted molar refractivity (Wildman–Crippen MR) is 110 cm³/mol. The fourth-order valence-electron chi connectivity index (χ4n) is 2.94. The summed E-state index contributed by atoms with van der Waals surface area (Å²) in [4.78, 5) is 0. The van der Waals surface area contributed by atoms with Gasteiger partial charge in [-0.25, -0.2) is 0 Å². The first-order valence-electron chi connectivity index (χ1n) is 8.38. The molecule has 0 saturated carbocycles. The first-order valence-corrected chi connectivity index (χ1v) is 10.1. The molecule has 25 heavy (non-hydrogen) atoms. The number of hydrogen-bond donors (Lipinski definition) is 0. The van der Waals surface area contributed by atoms with Crippen molar-refractivity contribution in [3.8, 4) is 11.1 Å². The minimum atomic E-state index is 0.535. The van der Waals surface area contributed by atoms with Crippen LogP contribution in [0.25, 0.3) is 30.4 Å². The molecule has 120 valence electrons. The average molecular weight is 385 g/mol. The number of hydrogen-bond acceptors (Lipinski definition) is 0. The second kappa shape index (κ2) is 7.53. The van der Waals surface area contributed by atoms with Crippen molar-refractivity contribution >= 4 is 33.8 Å². The monoisotopic (exact) mass is 386 g/mol. The molecule has 1 heteroatoms. The van der Waals surface area contributed by atoms with Gasteiger partial charge in [0.15, 0.2) is 0 Å². The zero-order valence-corrected chi connectivity index (χ0v) is 15.5. The zero-order valence-electron chi connectivity index (χ0n) is 13.8. The molecule has 0 atom stereocenters. The van der Waals surface area contributed by atoms with E-state index < -0.39 is 0 Å². The van der Waals surface area contributed by atoms with Crippen LogP contribution in [-0.2, 0) is 0 Å². The molecule has 0 bridgehead atoms. The fourth-order valence-corrected chi connectivity index (χ4v) is 5.26. The predicted octanol–water partition coefficient (Wildman–Crippen LogP) is 6.40. The SMILES string of the molecule is c1ccc(-c2ccccc2)cc1.c1ccc2c(c1)[se]c1ccccc12. The molecule has 5 rings (SSSR count). The normalized spacial score (nSPS) is 10.4. The first kappa shape index (κ1) is 15.9. The third-order valence-corrected chi connectivity index (χ3v) is 6.58. The van der Waals surface area contributed by atoms with E-state index in [2.05, 4.69) is 97.1 Å². The third-order valence-electron chi connectivity index (χ3n) is 4.17. The molecule has 1 heterocycles. The Morgan fingerprint density at radius 2 is 0.720 bits per heavy atom. The van der Waals surface area contributed by atoms with E-state index in [4.69, 9.17) is 0 Å². The number of rotatable bonds is 1. The zero-order chi connectivity index (χ0) is 16.9. The van der Waals surface area contributed by atoms with Crippen molar-refractivity contribution in [2.24, 2.45) is 0 Å². The van der Waals surface area contributed by atoms with Crippen molar-refractivity contribution in [2.45, 2.75) is 0 Å². The van der Waals surface area contributed by atoms with Gasteiger partial charge >= 0.3 is 82.3 Å². The van der Waals surface area contributed by atoms with Crippen LogP contribution in [0.1, 0.15) is 0 Å². The number of fused-ring (bicyclic) bond motifs is 3. The molecule has 0 unspecified atom stereocenters. The van der Waals surface area contributed by atoms with E-state index in [-0.39, 0.29) is 0 Å². The van der Waals surface area contributed by atoms with Gasteiger partial charge in [-0.15, -0.1) is 0 Å². The van der Waals surface area contributed by atoms with E-state index in [9.17, 15) is 0 Å². The van der Waals surface area contributed by atoms with Gasteiger partial charge in [0.05, 0.1) is 0 Å². The van der Waals surface area contributed by atoms with Crippen LogP contribution < -0.4 is 0 Å². The van der Waals surface area contributed by atoms with E-state index in [1.807, 2.05) is 12.1 Å². The van der Waals surface area contributed by atoms with Crippen molar-refractivity contribution in [3.05, 3.63) is 109 Å². The van der Waals surface area contributed by atoms with E-state index in [1.165, 1.54) is 30.4 Å². The standard InChI is InChI=1S/C12H8Se.C12H10/c1-3-7-11-9(5-1)10-6-2-4-8-12(10)13-11;1-3-7-11(8-4-1)12-9-5-2-6-10-12/h1-8H;1-10H. The molecule has 0 N–H and O–H groups in total. The molecule has 0 saturated heterocycles. The molecular formula is C24H18Se. The summed E-state index contributed by atoms with van der Waals surface area (Å²) in [7, 11) is 0. The van der Waals surface area contributed by atoms with Crippen LogP contribution in [0.15, 0.2) is 109 Å². The summed E-state index contributed by atoms with van der Waals surface area (Å²) in [5, 5.41) is 2.89. The van der Waals surface area contributed by atoms with Gasteiger partial charge < -0.3 is 0 Å². The first-order chi connectivity index (χ1) is 12.4. The Hall–Kier alpha value is -2.60. The molecule has 4 aromatic carbocycles. The molecule has 0 radical (unpaired) electrons. The summed E-state index contributed by atoms with van der Waals surface area (Å²) in [5.41, 5.74) is 2.55. The van der Waals surface area contributed by atoms with E-state index in [0.29, 0.717) is 14.5 Å². The fraction of sp³-hybridized carbons (Fsp3) is 0. The molecule has 0 aliphatic heterocycles. The Bertz CT molecular complexity index is 988. The van der Waals surface area contributed by atoms with Gasteiger partial charge in [0.2, 0.25) is 0 Å². The maximum absolute atomic E-state index is 2.25. The Balaban J connectivity index is 0.000000126. The second-order valence-electron chi connectivity index (χ2n) is 5.83. The van der Waals surface area contributed by atoms with Crippen molar-refractivity contribution in [1.82, 2.24) is 0 Å². The molecule has 0 nitrogen and oxygen atoms in total. The van der Waals surface area contributed by atoms with Crippen molar-refractivity contribution in [2.75, 3.05) is 0 Å². The van der Waals surface area contributed by atoms with Gasteiger partial charge in [-0.2, -0.15) is 0 Å². The van der Waals surface area contributed by atoms with Crippen LogP contribution in [0.3, 0.4) is 0 Å². The van der Waals surface area contributed by atoms with Crippen LogP contribution in [-0.4, -0.2) is 14.5 Å². The van der Waals surface area contributed by atoms with Crippen molar-refractivity contribution < 1.29 is 0 Å². The summed E-state index contributed by atoms with van der Waals surface area (Å²) in [6.45, 7) is 0.